The lowest BCUT2D eigenvalue weighted by Crippen LogP contribution is -2.22. The molecule has 1 amide bonds. The number of hydrogen-bond acceptors (Lipinski definition) is 6. The zero-order valence-corrected chi connectivity index (χ0v) is 18.7. The molecule has 160 valence electrons. The molecule has 0 saturated heterocycles. The monoisotopic (exact) mass is 456 g/mol. The quantitative estimate of drug-likeness (QED) is 0.324. The zero-order valence-electron chi connectivity index (χ0n) is 17.1. The highest BCUT2D eigenvalue weighted by Crippen LogP contribution is 2.30. The number of amides is 1. The number of carbonyl (C=O) groups excluding carboxylic acids is 2. The molecule has 0 radical (unpaired) electrons. The molecule has 0 atom stereocenters. The second-order valence-corrected chi connectivity index (χ2v) is 7.67. The van der Waals surface area contributed by atoms with Gasteiger partial charge in [-0.2, -0.15) is 0 Å². The van der Waals surface area contributed by atoms with Gasteiger partial charge in [-0.25, -0.2) is 9.78 Å². The van der Waals surface area contributed by atoms with E-state index in [4.69, 9.17) is 21.1 Å². The average molecular weight is 457 g/mol. The van der Waals surface area contributed by atoms with E-state index < -0.39 is 5.97 Å². The third-order valence-corrected chi connectivity index (χ3v) is 5.19. The van der Waals surface area contributed by atoms with Crippen molar-refractivity contribution in [3.8, 4) is 5.75 Å². The van der Waals surface area contributed by atoms with E-state index in [1.807, 2.05) is 31.2 Å². The first-order valence-electron chi connectivity index (χ1n) is 9.54. The Morgan fingerprint density at radius 2 is 1.97 bits per heavy atom. The first-order valence-corrected chi connectivity index (χ1v) is 10.8. The maximum atomic E-state index is 12.2. The summed E-state index contributed by atoms with van der Waals surface area (Å²) in [4.78, 5) is 30.1. The number of anilines is 2. The van der Waals surface area contributed by atoms with Crippen LogP contribution in [0.4, 0.5) is 10.8 Å². The van der Waals surface area contributed by atoms with E-state index in [1.54, 1.807) is 35.7 Å². The molecule has 6 nitrogen and oxygen atoms in total. The van der Waals surface area contributed by atoms with Gasteiger partial charge in [-0.15, -0.1) is 11.3 Å². The molecule has 0 N–H and O–H groups in total. The minimum atomic E-state index is -0.485. The predicted molar refractivity (Wildman–Crippen MR) is 123 cm³/mol. The van der Waals surface area contributed by atoms with Crippen LogP contribution in [0.5, 0.6) is 5.75 Å². The van der Waals surface area contributed by atoms with Crippen molar-refractivity contribution >= 4 is 51.7 Å². The largest absolute Gasteiger partial charge is 0.494 e. The molecule has 0 bridgehead atoms. The van der Waals surface area contributed by atoms with Gasteiger partial charge in [0.1, 0.15) is 12.4 Å². The van der Waals surface area contributed by atoms with E-state index in [0.29, 0.717) is 28.1 Å². The summed E-state index contributed by atoms with van der Waals surface area (Å²) in [6, 6.07) is 14.4. The maximum absolute atomic E-state index is 12.2. The molecule has 1 heterocycles. The van der Waals surface area contributed by atoms with Gasteiger partial charge in [-0.05, 0) is 48.9 Å². The van der Waals surface area contributed by atoms with Crippen LogP contribution in [-0.2, 0) is 20.9 Å². The molecule has 0 aliphatic carbocycles. The topological polar surface area (TPSA) is 68.7 Å². The highest BCUT2D eigenvalue weighted by atomic mass is 35.5. The molecule has 1 aromatic heterocycles. The fraction of sp³-hybridized carbons (Fsp3) is 0.174. The number of carbonyl (C=O) groups is 2. The van der Waals surface area contributed by atoms with Crippen LogP contribution in [0.15, 0.2) is 60.0 Å². The molecule has 31 heavy (non-hydrogen) atoms. The van der Waals surface area contributed by atoms with Crippen LogP contribution in [0.3, 0.4) is 0 Å². The number of benzene rings is 2. The van der Waals surface area contributed by atoms with Crippen LogP contribution in [0.25, 0.3) is 6.08 Å². The Labute approximate surface area is 189 Å². The lowest BCUT2D eigenvalue weighted by molar-refractivity contribution is -0.139. The van der Waals surface area contributed by atoms with E-state index in [0.717, 1.165) is 11.3 Å². The van der Waals surface area contributed by atoms with Gasteiger partial charge < -0.3 is 9.47 Å². The molecule has 0 aliphatic rings. The number of halogens is 1. The molecular weight excluding hydrogens is 436 g/mol. The predicted octanol–water partition coefficient (Wildman–Crippen LogP) is 5.64. The van der Waals surface area contributed by atoms with Crippen molar-refractivity contribution in [2.45, 2.75) is 20.5 Å². The summed E-state index contributed by atoms with van der Waals surface area (Å²) in [7, 11) is 0. The molecule has 3 aromatic rings. The highest BCUT2D eigenvalue weighted by molar-refractivity contribution is 7.14. The maximum Gasteiger partial charge on any atom is 0.331 e. The lowest BCUT2D eigenvalue weighted by atomic mass is 10.2. The third-order valence-electron chi connectivity index (χ3n) is 4.08. The first kappa shape index (κ1) is 22.5. The molecular formula is C23H21ClN2O4S. The molecule has 0 spiro atoms. The van der Waals surface area contributed by atoms with Crippen molar-refractivity contribution in [1.82, 2.24) is 4.98 Å². The van der Waals surface area contributed by atoms with E-state index >= 15 is 0 Å². The van der Waals surface area contributed by atoms with E-state index in [1.165, 1.54) is 29.2 Å². The summed E-state index contributed by atoms with van der Waals surface area (Å²) in [5.41, 5.74) is 2.03. The molecule has 0 saturated carbocycles. The van der Waals surface area contributed by atoms with Crippen molar-refractivity contribution in [2.24, 2.45) is 0 Å². The Morgan fingerprint density at radius 1 is 1.19 bits per heavy atom. The smallest absolute Gasteiger partial charge is 0.331 e. The van der Waals surface area contributed by atoms with Gasteiger partial charge in [-0.3, -0.25) is 9.69 Å². The number of thiazole rings is 1. The fourth-order valence-electron chi connectivity index (χ4n) is 2.71. The summed E-state index contributed by atoms with van der Waals surface area (Å²) < 4.78 is 10.6. The summed E-state index contributed by atoms with van der Waals surface area (Å²) in [5, 5.41) is 2.75. The van der Waals surface area contributed by atoms with Crippen LogP contribution in [0.2, 0.25) is 5.02 Å². The Hall–Kier alpha value is -3.16. The molecule has 0 unspecified atom stereocenters. The Morgan fingerprint density at radius 3 is 2.65 bits per heavy atom. The second-order valence-electron chi connectivity index (χ2n) is 6.40. The first-order chi connectivity index (χ1) is 15.0. The minimum Gasteiger partial charge on any atom is -0.494 e. The van der Waals surface area contributed by atoms with Gasteiger partial charge in [-0.1, -0.05) is 29.8 Å². The van der Waals surface area contributed by atoms with Crippen LogP contribution in [-0.4, -0.2) is 23.5 Å². The van der Waals surface area contributed by atoms with E-state index in [2.05, 4.69) is 4.98 Å². The van der Waals surface area contributed by atoms with Crippen LogP contribution < -0.4 is 9.64 Å². The van der Waals surface area contributed by atoms with Crippen LogP contribution in [0, 0.1) is 0 Å². The van der Waals surface area contributed by atoms with Crippen molar-refractivity contribution in [3.63, 3.8) is 0 Å². The molecule has 2 aromatic carbocycles. The number of nitrogens with zero attached hydrogens (tertiary/aromatic N) is 2. The fourth-order valence-corrected chi connectivity index (χ4v) is 3.76. The van der Waals surface area contributed by atoms with Crippen molar-refractivity contribution in [2.75, 3.05) is 11.5 Å². The average Bonchev–Trinajstić information content (AvgIpc) is 3.20. The molecule has 0 fully saturated rings. The number of aromatic nitrogens is 1. The Bertz CT molecular complexity index is 1080. The SMILES string of the molecule is CCOc1ccc(/C=C/C(=O)OCc2csc(N(C(C)=O)c3cccc(Cl)c3)n2)cc1. The highest BCUT2D eigenvalue weighted by Gasteiger charge is 2.18. The Balaban J connectivity index is 1.60. The molecule has 3 rings (SSSR count). The summed E-state index contributed by atoms with van der Waals surface area (Å²) in [5.74, 6) is 0.0964. The number of ether oxygens (including phenoxy) is 2. The third kappa shape index (κ3) is 6.41. The van der Waals surface area contributed by atoms with Gasteiger partial charge in [0.2, 0.25) is 5.91 Å². The lowest BCUT2D eigenvalue weighted by Gasteiger charge is -2.18. The van der Waals surface area contributed by atoms with Gasteiger partial charge in [0.05, 0.1) is 18.0 Å². The number of esters is 1. The molecule has 0 aliphatic heterocycles. The standard InChI is InChI=1S/C23H21ClN2O4S/c1-3-29-21-10-7-17(8-11-21)9-12-22(28)30-14-19-15-31-23(25-19)26(16(2)27)20-6-4-5-18(24)13-20/h4-13,15H,3,14H2,1-2H3/b12-9+. The van der Waals surface area contributed by atoms with Gasteiger partial charge in [0.15, 0.2) is 5.13 Å². The second kappa shape index (κ2) is 10.7. The van der Waals surface area contributed by atoms with E-state index in [-0.39, 0.29) is 12.5 Å². The van der Waals surface area contributed by atoms with Crippen molar-refractivity contribution < 1.29 is 19.1 Å². The number of hydrogen-bond donors (Lipinski definition) is 0. The molecule has 8 heteroatoms. The van der Waals surface area contributed by atoms with Gasteiger partial charge in [0, 0.05) is 23.4 Å². The minimum absolute atomic E-state index is 0.00421. The van der Waals surface area contributed by atoms with Crippen molar-refractivity contribution in [3.05, 3.63) is 76.3 Å². The number of rotatable bonds is 8. The normalized spacial score (nSPS) is 10.8. The summed E-state index contributed by atoms with van der Waals surface area (Å²) in [6.07, 6.45) is 3.03. The van der Waals surface area contributed by atoms with Crippen LogP contribution in [0.1, 0.15) is 25.1 Å². The van der Waals surface area contributed by atoms with Gasteiger partial charge in [0.25, 0.3) is 0 Å². The summed E-state index contributed by atoms with van der Waals surface area (Å²) >= 11 is 7.33. The summed E-state index contributed by atoms with van der Waals surface area (Å²) in [6.45, 7) is 3.98. The zero-order chi connectivity index (χ0) is 22.2. The Kier molecular flexibility index (Phi) is 7.81. The van der Waals surface area contributed by atoms with E-state index in [9.17, 15) is 9.59 Å². The van der Waals surface area contributed by atoms with Crippen LogP contribution >= 0.6 is 22.9 Å². The van der Waals surface area contributed by atoms with Gasteiger partial charge >= 0.3 is 5.97 Å². The van der Waals surface area contributed by atoms with Crippen molar-refractivity contribution in [1.29, 1.82) is 0 Å².